The van der Waals surface area contributed by atoms with Crippen LogP contribution in [0.15, 0.2) is 18.2 Å². The summed E-state index contributed by atoms with van der Waals surface area (Å²) in [5, 5.41) is 0.494. The van der Waals surface area contributed by atoms with Crippen LogP contribution in [0.25, 0.3) is 0 Å². The molecule has 2 rings (SSSR count). The summed E-state index contributed by atoms with van der Waals surface area (Å²) in [6.45, 7) is 0. The van der Waals surface area contributed by atoms with E-state index >= 15 is 0 Å². The highest BCUT2D eigenvalue weighted by molar-refractivity contribution is 6.32. The lowest BCUT2D eigenvalue weighted by Gasteiger charge is -2.39. The number of rotatable bonds is 2. The van der Waals surface area contributed by atoms with E-state index in [4.69, 9.17) is 22.1 Å². The SMILES string of the molecule is COc1cc(C2(F)CC(N)C2)ccc1Cl. The van der Waals surface area contributed by atoms with Crippen molar-refractivity contribution in [1.29, 1.82) is 0 Å². The van der Waals surface area contributed by atoms with Crippen molar-refractivity contribution in [1.82, 2.24) is 0 Å². The minimum Gasteiger partial charge on any atom is -0.495 e. The van der Waals surface area contributed by atoms with E-state index < -0.39 is 5.67 Å². The van der Waals surface area contributed by atoms with Gasteiger partial charge in [-0.3, -0.25) is 0 Å². The molecule has 4 heteroatoms. The average Bonchev–Trinajstić information content (AvgIpc) is 2.16. The predicted octanol–water partition coefficient (Wildman–Crippen LogP) is 2.63. The largest absolute Gasteiger partial charge is 0.495 e. The van der Waals surface area contributed by atoms with Gasteiger partial charge in [0, 0.05) is 18.9 Å². The Kier molecular flexibility index (Phi) is 2.61. The van der Waals surface area contributed by atoms with Crippen molar-refractivity contribution in [3.63, 3.8) is 0 Å². The monoisotopic (exact) mass is 229 g/mol. The van der Waals surface area contributed by atoms with Crippen molar-refractivity contribution in [2.24, 2.45) is 5.73 Å². The first kappa shape index (κ1) is 10.7. The molecule has 1 aromatic carbocycles. The molecule has 0 unspecified atom stereocenters. The number of methoxy groups -OCH3 is 1. The van der Waals surface area contributed by atoms with E-state index in [1.165, 1.54) is 7.11 Å². The second kappa shape index (κ2) is 3.65. The number of ether oxygens (including phenoxy) is 1. The van der Waals surface area contributed by atoms with E-state index in [0.717, 1.165) is 0 Å². The van der Waals surface area contributed by atoms with E-state index in [0.29, 0.717) is 29.2 Å². The summed E-state index contributed by atoms with van der Waals surface area (Å²) in [4.78, 5) is 0. The molecule has 0 atom stereocenters. The Hall–Kier alpha value is -0.800. The van der Waals surface area contributed by atoms with Crippen LogP contribution < -0.4 is 10.5 Å². The Morgan fingerprint density at radius 3 is 2.73 bits per heavy atom. The van der Waals surface area contributed by atoms with Crippen LogP contribution in [0.1, 0.15) is 18.4 Å². The van der Waals surface area contributed by atoms with Gasteiger partial charge in [0.15, 0.2) is 0 Å². The lowest BCUT2D eigenvalue weighted by molar-refractivity contribution is 0.0403. The van der Waals surface area contributed by atoms with E-state index in [1.807, 2.05) is 0 Å². The van der Waals surface area contributed by atoms with Crippen molar-refractivity contribution in [2.75, 3.05) is 7.11 Å². The van der Waals surface area contributed by atoms with Crippen LogP contribution >= 0.6 is 11.6 Å². The second-order valence-electron chi connectivity index (χ2n) is 3.98. The summed E-state index contributed by atoms with van der Waals surface area (Å²) in [6, 6.07) is 4.96. The summed E-state index contributed by atoms with van der Waals surface area (Å²) in [6.07, 6.45) is 0.746. The zero-order chi connectivity index (χ0) is 11.1. The van der Waals surface area contributed by atoms with Crippen molar-refractivity contribution in [3.8, 4) is 5.75 Å². The zero-order valence-corrected chi connectivity index (χ0v) is 9.22. The molecule has 1 aliphatic rings. The van der Waals surface area contributed by atoms with E-state index in [1.54, 1.807) is 18.2 Å². The van der Waals surface area contributed by atoms with Crippen molar-refractivity contribution >= 4 is 11.6 Å². The van der Waals surface area contributed by atoms with Gasteiger partial charge in [-0.25, -0.2) is 4.39 Å². The highest BCUT2D eigenvalue weighted by Gasteiger charge is 2.44. The van der Waals surface area contributed by atoms with Crippen LogP contribution in [-0.4, -0.2) is 13.2 Å². The first-order chi connectivity index (χ1) is 7.05. The molecular weight excluding hydrogens is 217 g/mol. The molecule has 0 aromatic heterocycles. The van der Waals surface area contributed by atoms with Gasteiger partial charge in [-0.2, -0.15) is 0 Å². The van der Waals surface area contributed by atoms with Crippen molar-refractivity contribution in [2.45, 2.75) is 24.6 Å². The fraction of sp³-hybridized carbons (Fsp3) is 0.455. The first-order valence-corrected chi connectivity index (χ1v) is 5.21. The first-order valence-electron chi connectivity index (χ1n) is 4.84. The maximum absolute atomic E-state index is 14.2. The van der Waals surface area contributed by atoms with Crippen LogP contribution in [0.3, 0.4) is 0 Å². The van der Waals surface area contributed by atoms with Crippen molar-refractivity contribution in [3.05, 3.63) is 28.8 Å². The quantitative estimate of drug-likeness (QED) is 0.846. The number of alkyl halides is 1. The molecule has 0 aliphatic heterocycles. The van der Waals surface area contributed by atoms with Crippen LogP contribution in [0, 0.1) is 0 Å². The third kappa shape index (κ3) is 1.82. The smallest absolute Gasteiger partial charge is 0.139 e. The van der Waals surface area contributed by atoms with Gasteiger partial charge in [-0.05, 0) is 17.7 Å². The number of hydrogen-bond acceptors (Lipinski definition) is 2. The Balaban J connectivity index is 2.30. The molecule has 0 spiro atoms. The third-order valence-electron chi connectivity index (χ3n) is 2.84. The van der Waals surface area contributed by atoms with Crippen LogP contribution in [-0.2, 0) is 5.67 Å². The summed E-state index contributed by atoms with van der Waals surface area (Å²) in [5.74, 6) is 0.506. The minimum absolute atomic E-state index is 0.0309. The Morgan fingerprint density at radius 1 is 1.53 bits per heavy atom. The predicted molar refractivity (Wildman–Crippen MR) is 58.0 cm³/mol. The minimum atomic E-state index is -1.29. The molecule has 0 radical (unpaired) electrons. The summed E-state index contributed by atoms with van der Waals surface area (Å²) < 4.78 is 19.2. The number of hydrogen-bond donors (Lipinski definition) is 1. The summed E-state index contributed by atoms with van der Waals surface area (Å²) in [5.41, 5.74) is 4.90. The molecule has 82 valence electrons. The van der Waals surface area contributed by atoms with Gasteiger partial charge < -0.3 is 10.5 Å². The highest BCUT2D eigenvalue weighted by Crippen LogP contribution is 2.45. The molecule has 1 saturated carbocycles. The summed E-state index contributed by atoms with van der Waals surface area (Å²) >= 11 is 5.86. The molecule has 0 amide bonds. The zero-order valence-electron chi connectivity index (χ0n) is 8.47. The highest BCUT2D eigenvalue weighted by atomic mass is 35.5. The number of halogens is 2. The van der Waals surface area contributed by atoms with Gasteiger partial charge in [-0.1, -0.05) is 17.7 Å². The Bertz CT molecular complexity index is 377. The van der Waals surface area contributed by atoms with E-state index in [9.17, 15) is 4.39 Å². The fourth-order valence-electron chi connectivity index (χ4n) is 1.95. The van der Waals surface area contributed by atoms with Gasteiger partial charge in [0.2, 0.25) is 0 Å². The maximum atomic E-state index is 14.2. The van der Waals surface area contributed by atoms with E-state index in [2.05, 4.69) is 0 Å². The molecule has 2 N–H and O–H groups in total. The van der Waals surface area contributed by atoms with Gasteiger partial charge >= 0.3 is 0 Å². The second-order valence-corrected chi connectivity index (χ2v) is 4.39. The average molecular weight is 230 g/mol. The van der Waals surface area contributed by atoms with Crippen molar-refractivity contribution < 1.29 is 9.13 Å². The number of benzene rings is 1. The maximum Gasteiger partial charge on any atom is 0.139 e. The lowest BCUT2D eigenvalue weighted by Crippen LogP contribution is -2.46. The molecule has 1 aromatic rings. The lowest BCUT2D eigenvalue weighted by atomic mass is 9.73. The van der Waals surface area contributed by atoms with Gasteiger partial charge in [0.1, 0.15) is 11.4 Å². The normalized spacial score (nSPS) is 29.7. The molecule has 0 saturated heterocycles. The molecule has 2 nitrogen and oxygen atoms in total. The number of nitrogens with two attached hydrogens (primary N) is 1. The fourth-order valence-corrected chi connectivity index (χ4v) is 2.14. The summed E-state index contributed by atoms with van der Waals surface area (Å²) in [7, 11) is 1.52. The molecule has 0 heterocycles. The Morgan fingerprint density at radius 2 is 2.20 bits per heavy atom. The molecule has 1 aliphatic carbocycles. The van der Waals surface area contributed by atoms with Gasteiger partial charge in [0.05, 0.1) is 12.1 Å². The molecule has 15 heavy (non-hydrogen) atoms. The van der Waals surface area contributed by atoms with Crippen LogP contribution in [0.5, 0.6) is 5.75 Å². The molecule has 1 fully saturated rings. The van der Waals surface area contributed by atoms with E-state index in [-0.39, 0.29) is 6.04 Å². The standard InChI is InChI=1S/C11H13ClFNO/c1-15-10-4-7(2-3-9(10)12)11(13)5-8(14)6-11/h2-4,8H,5-6,14H2,1H3. The van der Waals surface area contributed by atoms with Gasteiger partial charge in [0.25, 0.3) is 0 Å². The third-order valence-corrected chi connectivity index (χ3v) is 3.15. The van der Waals surface area contributed by atoms with Crippen LogP contribution in [0.4, 0.5) is 4.39 Å². The van der Waals surface area contributed by atoms with Gasteiger partial charge in [-0.15, -0.1) is 0 Å². The molecular formula is C11H13ClFNO. The van der Waals surface area contributed by atoms with Crippen LogP contribution in [0.2, 0.25) is 5.02 Å². The Labute approximate surface area is 93.2 Å². The molecule has 0 bridgehead atoms. The topological polar surface area (TPSA) is 35.2 Å².